The highest BCUT2D eigenvalue weighted by Gasteiger charge is 2.12. The Morgan fingerprint density at radius 3 is 2.65 bits per heavy atom. The topological polar surface area (TPSA) is 49.3 Å². The molecule has 2 aromatic carbocycles. The lowest BCUT2D eigenvalue weighted by Crippen LogP contribution is -2.08. The van der Waals surface area contributed by atoms with Gasteiger partial charge in [-0.3, -0.25) is 0 Å². The van der Waals surface area contributed by atoms with E-state index in [1.807, 2.05) is 31.2 Å². The molecule has 0 saturated carbocycles. The average molecular weight is 338 g/mol. The molecule has 2 aromatic rings. The average Bonchev–Trinajstić information content (AvgIpc) is 2.38. The van der Waals surface area contributed by atoms with E-state index in [1.165, 1.54) is 12.1 Å². The van der Waals surface area contributed by atoms with Crippen molar-refractivity contribution in [1.29, 1.82) is 0 Å². The van der Waals surface area contributed by atoms with Crippen molar-refractivity contribution < 1.29 is 14.3 Å². The Morgan fingerprint density at radius 2 is 2.05 bits per heavy atom. The molecule has 0 radical (unpaired) electrons. The van der Waals surface area contributed by atoms with Gasteiger partial charge >= 0.3 is 5.97 Å². The molecule has 0 aromatic heterocycles. The van der Waals surface area contributed by atoms with Crippen molar-refractivity contribution in [2.45, 2.75) is 13.0 Å². The number of aromatic carboxylic acids is 1. The van der Waals surface area contributed by atoms with Crippen molar-refractivity contribution in [3.05, 3.63) is 63.9 Å². The van der Waals surface area contributed by atoms with Crippen LogP contribution < -0.4 is 5.32 Å². The number of carboxylic acids is 1. The second kappa shape index (κ2) is 6.05. The van der Waals surface area contributed by atoms with Gasteiger partial charge in [0.1, 0.15) is 5.82 Å². The summed E-state index contributed by atoms with van der Waals surface area (Å²) in [6.07, 6.45) is 0. The standard InChI is InChI=1S/C15H13BrFNO2/c1-9(10-3-2-4-11(16)7-10)18-12-5-6-13(15(19)20)14(17)8-12/h2-9,18H,1H3,(H,19,20). The first-order valence-electron chi connectivity index (χ1n) is 6.02. The highest BCUT2D eigenvalue weighted by molar-refractivity contribution is 9.10. The normalized spacial score (nSPS) is 11.9. The van der Waals surface area contributed by atoms with E-state index >= 15 is 0 Å². The number of anilines is 1. The highest BCUT2D eigenvalue weighted by Crippen LogP contribution is 2.23. The number of nitrogens with one attached hydrogen (secondary N) is 1. The molecule has 0 bridgehead atoms. The van der Waals surface area contributed by atoms with Crippen LogP contribution in [0, 0.1) is 5.82 Å². The Labute approximate surface area is 124 Å². The first-order chi connectivity index (χ1) is 9.47. The lowest BCUT2D eigenvalue weighted by Gasteiger charge is -2.16. The van der Waals surface area contributed by atoms with Crippen LogP contribution in [0.3, 0.4) is 0 Å². The summed E-state index contributed by atoms with van der Waals surface area (Å²) in [6, 6.07) is 11.8. The summed E-state index contributed by atoms with van der Waals surface area (Å²) in [5, 5.41) is 11.9. The summed E-state index contributed by atoms with van der Waals surface area (Å²) in [5.41, 5.74) is 1.26. The molecule has 0 aliphatic heterocycles. The smallest absolute Gasteiger partial charge is 0.338 e. The molecule has 0 spiro atoms. The number of hydrogen-bond donors (Lipinski definition) is 2. The number of carbonyl (C=O) groups is 1. The Hall–Kier alpha value is -1.88. The monoisotopic (exact) mass is 337 g/mol. The van der Waals surface area contributed by atoms with Gasteiger partial charge in [-0.15, -0.1) is 0 Å². The largest absolute Gasteiger partial charge is 0.478 e. The molecule has 0 aliphatic carbocycles. The number of hydrogen-bond acceptors (Lipinski definition) is 2. The van der Waals surface area contributed by atoms with Gasteiger partial charge in [0.2, 0.25) is 0 Å². The summed E-state index contributed by atoms with van der Waals surface area (Å²) in [5.74, 6) is -2.02. The molecular weight excluding hydrogens is 325 g/mol. The van der Waals surface area contributed by atoms with Gasteiger partial charge in [-0.1, -0.05) is 28.1 Å². The second-order valence-electron chi connectivity index (χ2n) is 4.42. The van der Waals surface area contributed by atoms with E-state index in [0.717, 1.165) is 10.0 Å². The first-order valence-corrected chi connectivity index (χ1v) is 6.81. The Morgan fingerprint density at radius 1 is 1.30 bits per heavy atom. The van der Waals surface area contributed by atoms with Gasteiger partial charge < -0.3 is 10.4 Å². The predicted octanol–water partition coefficient (Wildman–Crippen LogP) is 4.46. The third-order valence-electron chi connectivity index (χ3n) is 2.93. The van der Waals surface area contributed by atoms with Gasteiger partial charge in [-0.05, 0) is 42.8 Å². The molecule has 0 saturated heterocycles. The quantitative estimate of drug-likeness (QED) is 0.865. The molecule has 0 fully saturated rings. The van der Waals surface area contributed by atoms with Crippen molar-refractivity contribution in [2.24, 2.45) is 0 Å². The van der Waals surface area contributed by atoms with Crippen LogP contribution in [0.1, 0.15) is 28.9 Å². The fourth-order valence-electron chi connectivity index (χ4n) is 1.89. The van der Waals surface area contributed by atoms with E-state index < -0.39 is 11.8 Å². The number of benzene rings is 2. The molecule has 104 valence electrons. The lowest BCUT2D eigenvalue weighted by molar-refractivity contribution is 0.0692. The molecule has 0 aliphatic rings. The second-order valence-corrected chi connectivity index (χ2v) is 5.34. The van der Waals surface area contributed by atoms with Crippen LogP contribution in [-0.4, -0.2) is 11.1 Å². The van der Waals surface area contributed by atoms with Crippen molar-refractivity contribution in [2.75, 3.05) is 5.32 Å². The summed E-state index contributed by atoms with van der Waals surface area (Å²) in [7, 11) is 0. The SMILES string of the molecule is CC(Nc1ccc(C(=O)O)c(F)c1)c1cccc(Br)c1. The molecule has 2 N–H and O–H groups in total. The third-order valence-corrected chi connectivity index (χ3v) is 3.42. The summed E-state index contributed by atoms with van der Waals surface area (Å²) < 4.78 is 14.6. The van der Waals surface area contributed by atoms with Crippen molar-refractivity contribution >= 4 is 27.6 Å². The maximum absolute atomic E-state index is 13.6. The van der Waals surface area contributed by atoms with Crippen LogP contribution in [0.25, 0.3) is 0 Å². The van der Waals surface area contributed by atoms with Gasteiger partial charge in [-0.25, -0.2) is 9.18 Å². The van der Waals surface area contributed by atoms with Gasteiger partial charge in [0.15, 0.2) is 0 Å². The van der Waals surface area contributed by atoms with Crippen molar-refractivity contribution in [3.63, 3.8) is 0 Å². The zero-order valence-electron chi connectivity index (χ0n) is 10.7. The van der Waals surface area contributed by atoms with E-state index in [-0.39, 0.29) is 11.6 Å². The van der Waals surface area contributed by atoms with E-state index in [0.29, 0.717) is 5.69 Å². The Balaban J connectivity index is 2.18. The van der Waals surface area contributed by atoms with Crippen LogP contribution >= 0.6 is 15.9 Å². The molecule has 1 unspecified atom stereocenters. The van der Waals surface area contributed by atoms with E-state index in [4.69, 9.17) is 5.11 Å². The molecule has 5 heteroatoms. The van der Waals surface area contributed by atoms with Gasteiger partial charge in [-0.2, -0.15) is 0 Å². The molecular formula is C15H13BrFNO2. The lowest BCUT2D eigenvalue weighted by atomic mass is 10.1. The molecule has 2 rings (SSSR count). The van der Waals surface area contributed by atoms with E-state index in [9.17, 15) is 9.18 Å². The summed E-state index contributed by atoms with van der Waals surface area (Å²) in [6.45, 7) is 1.95. The minimum atomic E-state index is -1.27. The van der Waals surface area contributed by atoms with Gasteiger partial charge in [0.05, 0.1) is 5.56 Å². The molecule has 0 heterocycles. The van der Waals surface area contributed by atoms with Crippen LogP contribution in [0.15, 0.2) is 46.9 Å². The minimum absolute atomic E-state index is 0.0254. The summed E-state index contributed by atoms with van der Waals surface area (Å²) >= 11 is 3.40. The van der Waals surface area contributed by atoms with Crippen LogP contribution in [0.4, 0.5) is 10.1 Å². The zero-order valence-corrected chi connectivity index (χ0v) is 12.3. The van der Waals surface area contributed by atoms with Crippen LogP contribution in [-0.2, 0) is 0 Å². The molecule has 20 heavy (non-hydrogen) atoms. The highest BCUT2D eigenvalue weighted by atomic mass is 79.9. The fraction of sp³-hybridized carbons (Fsp3) is 0.133. The molecule has 0 amide bonds. The Kier molecular flexibility index (Phi) is 4.39. The van der Waals surface area contributed by atoms with Crippen molar-refractivity contribution in [1.82, 2.24) is 0 Å². The van der Waals surface area contributed by atoms with Crippen molar-refractivity contribution in [3.8, 4) is 0 Å². The number of rotatable bonds is 4. The number of halogens is 2. The summed E-state index contributed by atoms with van der Waals surface area (Å²) in [4.78, 5) is 10.7. The van der Waals surface area contributed by atoms with E-state index in [1.54, 1.807) is 6.07 Å². The number of carboxylic acid groups (broad SMARTS) is 1. The van der Waals surface area contributed by atoms with E-state index in [2.05, 4.69) is 21.2 Å². The zero-order chi connectivity index (χ0) is 14.7. The Bertz CT molecular complexity index is 646. The molecule has 3 nitrogen and oxygen atoms in total. The predicted molar refractivity (Wildman–Crippen MR) is 79.5 cm³/mol. The molecule has 1 atom stereocenters. The first kappa shape index (κ1) is 14.5. The van der Waals surface area contributed by atoms with Gasteiger partial charge in [0.25, 0.3) is 0 Å². The maximum atomic E-state index is 13.6. The third kappa shape index (κ3) is 3.36. The van der Waals surface area contributed by atoms with Crippen LogP contribution in [0.2, 0.25) is 0 Å². The van der Waals surface area contributed by atoms with Gasteiger partial charge in [0, 0.05) is 16.2 Å². The minimum Gasteiger partial charge on any atom is -0.478 e. The van der Waals surface area contributed by atoms with Crippen LogP contribution in [0.5, 0.6) is 0 Å². The fourth-order valence-corrected chi connectivity index (χ4v) is 2.30. The maximum Gasteiger partial charge on any atom is 0.338 e.